The first-order valence-corrected chi connectivity index (χ1v) is 8.58. The van der Waals surface area contributed by atoms with Crippen LogP contribution >= 0.6 is 0 Å². The van der Waals surface area contributed by atoms with Crippen LogP contribution in [0.3, 0.4) is 0 Å². The van der Waals surface area contributed by atoms with Crippen molar-refractivity contribution in [3.63, 3.8) is 0 Å². The van der Waals surface area contributed by atoms with E-state index in [4.69, 9.17) is 0 Å². The highest BCUT2D eigenvalue weighted by Crippen LogP contribution is 2.27. The molecule has 124 valence electrons. The number of rotatable bonds is 4. The summed E-state index contributed by atoms with van der Waals surface area (Å²) in [6.45, 7) is 2.06. The second-order valence-corrected chi connectivity index (χ2v) is 6.53. The number of H-pyrrole nitrogens is 1. The molecule has 4 aromatic rings. The van der Waals surface area contributed by atoms with Crippen molar-refractivity contribution >= 4 is 10.9 Å². The van der Waals surface area contributed by atoms with Gasteiger partial charge in [0.15, 0.2) is 0 Å². The molecule has 0 saturated carbocycles. The summed E-state index contributed by atoms with van der Waals surface area (Å²) in [5.41, 5.74) is 7.19. The molecule has 1 nitrogen and oxygen atoms in total. The summed E-state index contributed by atoms with van der Waals surface area (Å²) >= 11 is 0. The molecule has 0 aliphatic rings. The van der Waals surface area contributed by atoms with Crippen LogP contribution in [0, 0.1) is 12.7 Å². The minimum atomic E-state index is -0.190. The van der Waals surface area contributed by atoms with Gasteiger partial charge in [0.05, 0.1) is 0 Å². The van der Waals surface area contributed by atoms with Crippen molar-refractivity contribution in [1.82, 2.24) is 4.98 Å². The maximum absolute atomic E-state index is 13.7. The molecular weight excluding hydrogens is 309 g/mol. The van der Waals surface area contributed by atoms with Gasteiger partial charge in [-0.05, 0) is 53.8 Å². The number of nitrogens with one attached hydrogen (secondary N) is 1. The molecule has 25 heavy (non-hydrogen) atoms. The lowest BCUT2D eigenvalue weighted by molar-refractivity contribution is 0.629. The van der Waals surface area contributed by atoms with Gasteiger partial charge in [0.2, 0.25) is 0 Å². The van der Waals surface area contributed by atoms with Gasteiger partial charge >= 0.3 is 0 Å². The van der Waals surface area contributed by atoms with Crippen molar-refractivity contribution in [1.29, 1.82) is 0 Å². The van der Waals surface area contributed by atoms with Crippen LogP contribution in [0.2, 0.25) is 0 Å². The summed E-state index contributed by atoms with van der Waals surface area (Å²) in [5, 5.41) is 0.979. The predicted octanol–water partition coefficient (Wildman–Crippen LogP) is 5.80. The average molecular weight is 329 g/mol. The Morgan fingerprint density at radius 1 is 0.800 bits per heavy atom. The van der Waals surface area contributed by atoms with Crippen LogP contribution in [0.15, 0.2) is 72.8 Å². The van der Waals surface area contributed by atoms with E-state index in [0.29, 0.717) is 0 Å². The summed E-state index contributed by atoms with van der Waals surface area (Å²) in [6.07, 6.45) is 1.71. The van der Waals surface area contributed by atoms with E-state index in [0.717, 1.165) is 29.4 Å². The van der Waals surface area contributed by atoms with E-state index in [9.17, 15) is 4.39 Å². The molecule has 0 unspecified atom stereocenters. The van der Waals surface area contributed by atoms with Crippen LogP contribution in [0.4, 0.5) is 4.39 Å². The molecule has 0 aliphatic heterocycles. The second kappa shape index (κ2) is 6.56. The highest BCUT2D eigenvalue weighted by Gasteiger charge is 2.12. The first-order valence-electron chi connectivity index (χ1n) is 8.58. The summed E-state index contributed by atoms with van der Waals surface area (Å²) in [5.74, 6) is -0.190. The predicted molar refractivity (Wildman–Crippen MR) is 101 cm³/mol. The lowest BCUT2D eigenvalue weighted by Gasteiger charge is -2.10. The van der Waals surface area contributed by atoms with E-state index in [2.05, 4.69) is 60.4 Å². The van der Waals surface area contributed by atoms with Gasteiger partial charge in [-0.3, -0.25) is 0 Å². The zero-order chi connectivity index (χ0) is 17.2. The standard InChI is InChI=1S/C23H20FN/c1-16-21(22-15-20(24)11-12-23(22)25-16)14-19-10-6-5-9-18(19)13-17-7-3-2-4-8-17/h2-12,15,25H,13-14H2,1H3. The molecule has 0 aliphatic carbocycles. The number of hydrogen-bond donors (Lipinski definition) is 1. The molecule has 1 heterocycles. The number of benzene rings is 3. The third-order valence-corrected chi connectivity index (χ3v) is 4.80. The fourth-order valence-electron chi connectivity index (χ4n) is 3.49. The highest BCUT2D eigenvalue weighted by molar-refractivity contribution is 5.85. The van der Waals surface area contributed by atoms with E-state index in [-0.39, 0.29) is 5.82 Å². The lowest BCUT2D eigenvalue weighted by Crippen LogP contribution is -1.98. The number of aromatic nitrogens is 1. The Balaban J connectivity index is 1.72. The van der Waals surface area contributed by atoms with Crippen LogP contribution < -0.4 is 0 Å². The molecule has 0 spiro atoms. The largest absolute Gasteiger partial charge is 0.358 e. The van der Waals surface area contributed by atoms with Gasteiger partial charge in [0.1, 0.15) is 5.82 Å². The summed E-state index contributed by atoms with van der Waals surface area (Å²) < 4.78 is 13.7. The van der Waals surface area contributed by atoms with Crippen molar-refractivity contribution in [2.24, 2.45) is 0 Å². The first-order chi connectivity index (χ1) is 12.2. The summed E-state index contributed by atoms with van der Waals surface area (Å²) in [6, 6.07) is 24.0. The molecule has 0 amide bonds. The van der Waals surface area contributed by atoms with Gasteiger partial charge in [0.25, 0.3) is 0 Å². The Hall–Kier alpha value is -2.87. The maximum Gasteiger partial charge on any atom is 0.123 e. The second-order valence-electron chi connectivity index (χ2n) is 6.53. The Morgan fingerprint density at radius 2 is 1.48 bits per heavy atom. The van der Waals surface area contributed by atoms with Gasteiger partial charge in [-0.1, -0.05) is 54.6 Å². The van der Waals surface area contributed by atoms with Crippen molar-refractivity contribution in [2.75, 3.05) is 0 Å². The van der Waals surface area contributed by atoms with Crippen LogP contribution in [0.5, 0.6) is 0 Å². The number of halogens is 1. The molecule has 0 bridgehead atoms. The quantitative estimate of drug-likeness (QED) is 0.487. The Morgan fingerprint density at radius 3 is 2.24 bits per heavy atom. The molecular formula is C23H20FN. The van der Waals surface area contributed by atoms with Gasteiger partial charge in [0, 0.05) is 23.0 Å². The number of fused-ring (bicyclic) bond motifs is 1. The SMILES string of the molecule is Cc1[nH]c2ccc(F)cc2c1Cc1ccccc1Cc1ccccc1. The molecule has 2 heteroatoms. The molecule has 0 saturated heterocycles. The van der Waals surface area contributed by atoms with Gasteiger partial charge < -0.3 is 4.98 Å². The topological polar surface area (TPSA) is 15.8 Å². The Kier molecular flexibility index (Phi) is 4.10. The van der Waals surface area contributed by atoms with Gasteiger partial charge in [-0.15, -0.1) is 0 Å². The van der Waals surface area contributed by atoms with Crippen LogP contribution in [0.1, 0.15) is 27.9 Å². The van der Waals surface area contributed by atoms with E-state index in [1.165, 1.54) is 28.3 Å². The van der Waals surface area contributed by atoms with E-state index < -0.39 is 0 Å². The number of aryl methyl sites for hydroxylation is 1. The zero-order valence-corrected chi connectivity index (χ0v) is 14.2. The number of aromatic amines is 1. The van der Waals surface area contributed by atoms with Crippen molar-refractivity contribution in [3.8, 4) is 0 Å². The van der Waals surface area contributed by atoms with E-state index in [1.54, 1.807) is 6.07 Å². The molecule has 0 atom stereocenters. The van der Waals surface area contributed by atoms with Crippen molar-refractivity contribution in [2.45, 2.75) is 19.8 Å². The molecule has 4 rings (SSSR count). The minimum absolute atomic E-state index is 0.190. The van der Waals surface area contributed by atoms with E-state index >= 15 is 0 Å². The monoisotopic (exact) mass is 329 g/mol. The molecule has 0 fully saturated rings. The normalized spacial score (nSPS) is 11.1. The third-order valence-electron chi connectivity index (χ3n) is 4.80. The van der Waals surface area contributed by atoms with Crippen LogP contribution in [-0.2, 0) is 12.8 Å². The van der Waals surface area contributed by atoms with Crippen LogP contribution in [0.25, 0.3) is 10.9 Å². The Labute approximate surface area is 147 Å². The van der Waals surface area contributed by atoms with E-state index in [1.807, 2.05) is 12.1 Å². The highest BCUT2D eigenvalue weighted by atomic mass is 19.1. The average Bonchev–Trinajstić information content (AvgIpc) is 2.93. The summed E-state index contributed by atoms with van der Waals surface area (Å²) in [4.78, 5) is 3.38. The van der Waals surface area contributed by atoms with Gasteiger partial charge in [-0.25, -0.2) is 4.39 Å². The smallest absolute Gasteiger partial charge is 0.123 e. The van der Waals surface area contributed by atoms with Gasteiger partial charge in [-0.2, -0.15) is 0 Å². The minimum Gasteiger partial charge on any atom is -0.358 e. The zero-order valence-electron chi connectivity index (χ0n) is 14.2. The number of hydrogen-bond acceptors (Lipinski definition) is 0. The van der Waals surface area contributed by atoms with Crippen molar-refractivity contribution < 1.29 is 4.39 Å². The molecule has 3 aromatic carbocycles. The van der Waals surface area contributed by atoms with Crippen LogP contribution in [-0.4, -0.2) is 4.98 Å². The van der Waals surface area contributed by atoms with Crippen molar-refractivity contribution in [3.05, 3.63) is 107 Å². The maximum atomic E-state index is 13.7. The molecule has 1 N–H and O–H groups in total. The lowest BCUT2D eigenvalue weighted by atomic mass is 9.94. The first kappa shape index (κ1) is 15.6. The summed E-state index contributed by atoms with van der Waals surface area (Å²) in [7, 11) is 0. The molecule has 0 radical (unpaired) electrons. The molecule has 1 aromatic heterocycles. The fraction of sp³-hybridized carbons (Fsp3) is 0.130. The fourth-order valence-corrected chi connectivity index (χ4v) is 3.49. The Bertz CT molecular complexity index is 1010. The third kappa shape index (κ3) is 3.20.